The maximum Gasteiger partial charge on any atom is 0.404 e. The minimum atomic E-state index is -4.26. The number of hydrogen-bond acceptors (Lipinski definition) is 3. The van der Waals surface area contributed by atoms with E-state index in [1.54, 1.807) is 0 Å². The predicted octanol–water partition coefficient (Wildman–Crippen LogP) is 2.18. The molecule has 0 atom stereocenters. The van der Waals surface area contributed by atoms with Crippen molar-refractivity contribution in [3.05, 3.63) is 24.0 Å². The molecule has 1 aromatic heterocycles. The molecule has 2 N–H and O–H groups in total. The van der Waals surface area contributed by atoms with Gasteiger partial charge in [0.1, 0.15) is 5.75 Å². The number of nitrogens with one attached hydrogen (secondary N) is 1. The third kappa shape index (κ3) is 5.92. The van der Waals surface area contributed by atoms with E-state index < -0.39 is 25.3 Å². The van der Waals surface area contributed by atoms with Gasteiger partial charge in [-0.05, 0) is 6.07 Å². The van der Waals surface area contributed by atoms with Gasteiger partial charge in [-0.2, -0.15) is 13.2 Å². The number of amides is 1. The molecule has 18 heavy (non-hydrogen) atoms. The Bertz CT molecular complexity index is 410. The molecule has 0 bridgehead atoms. The van der Waals surface area contributed by atoms with Gasteiger partial charge in [0.15, 0.2) is 0 Å². The zero-order valence-corrected chi connectivity index (χ0v) is 9.20. The van der Waals surface area contributed by atoms with E-state index in [-0.39, 0.29) is 12.3 Å². The van der Waals surface area contributed by atoms with Crippen molar-refractivity contribution >= 4 is 6.09 Å². The summed E-state index contributed by atoms with van der Waals surface area (Å²) in [6.45, 7) is -0.523. The number of carbonyl (C=O) groups is 1. The van der Waals surface area contributed by atoms with E-state index in [1.807, 2.05) is 0 Å². The van der Waals surface area contributed by atoms with Crippen LogP contribution in [-0.2, 0) is 6.54 Å². The highest BCUT2D eigenvalue weighted by molar-refractivity contribution is 5.64. The number of halogens is 3. The molecule has 1 rings (SSSR count). The van der Waals surface area contributed by atoms with E-state index in [0.29, 0.717) is 5.69 Å². The summed E-state index contributed by atoms with van der Waals surface area (Å²) in [5.74, 6) is 0.219. The number of rotatable bonds is 5. The average Bonchev–Trinajstić information content (AvgIpc) is 2.25. The second kappa shape index (κ2) is 6.08. The molecular formula is C10H11F3N2O3. The molecule has 1 heterocycles. The molecule has 0 aliphatic rings. The minimum absolute atomic E-state index is 0.0359. The SMILES string of the molecule is O=C(O)NCc1cc(OCCC(F)(F)F)ccn1. The van der Waals surface area contributed by atoms with Crippen LogP contribution >= 0.6 is 0 Å². The van der Waals surface area contributed by atoms with Crippen LogP contribution in [0.5, 0.6) is 5.75 Å². The van der Waals surface area contributed by atoms with Crippen molar-refractivity contribution in [1.82, 2.24) is 10.3 Å². The Hall–Kier alpha value is -1.99. The van der Waals surface area contributed by atoms with Crippen molar-refractivity contribution in [1.29, 1.82) is 0 Å². The maximum atomic E-state index is 11.9. The molecule has 0 spiro atoms. The number of aromatic nitrogens is 1. The zero-order valence-electron chi connectivity index (χ0n) is 9.20. The summed E-state index contributed by atoms with van der Waals surface area (Å²) < 4.78 is 40.5. The van der Waals surface area contributed by atoms with Crippen molar-refractivity contribution in [2.24, 2.45) is 0 Å². The number of pyridine rings is 1. The Morgan fingerprint density at radius 2 is 2.22 bits per heavy atom. The molecule has 5 nitrogen and oxygen atoms in total. The summed E-state index contributed by atoms with van der Waals surface area (Å²) in [6.07, 6.45) is -5.18. The Morgan fingerprint density at radius 1 is 1.50 bits per heavy atom. The van der Waals surface area contributed by atoms with Gasteiger partial charge in [0, 0.05) is 12.3 Å². The third-order valence-corrected chi connectivity index (χ3v) is 1.86. The Morgan fingerprint density at radius 3 is 2.83 bits per heavy atom. The van der Waals surface area contributed by atoms with Crippen LogP contribution in [0.4, 0.5) is 18.0 Å². The maximum absolute atomic E-state index is 11.9. The summed E-state index contributed by atoms with van der Waals surface area (Å²) in [5.41, 5.74) is 0.363. The first kappa shape index (κ1) is 14.1. The van der Waals surface area contributed by atoms with Crippen LogP contribution in [0.15, 0.2) is 18.3 Å². The number of nitrogens with zero attached hydrogens (tertiary/aromatic N) is 1. The number of alkyl halides is 3. The van der Waals surface area contributed by atoms with E-state index in [4.69, 9.17) is 9.84 Å². The average molecular weight is 264 g/mol. The molecule has 0 radical (unpaired) electrons. The van der Waals surface area contributed by atoms with Crippen molar-refractivity contribution in [2.45, 2.75) is 19.1 Å². The molecular weight excluding hydrogens is 253 g/mol. The summed E-state index contributed by atoms with van der Waals surface area (Å²) in [6, 6.07) is 2.78. The second-order valence-electron chi connectivity index (χ2n) is 3.36. The lowest BCUT2D eigenvalue weighted by Gasteiger charge is -2.09. The van der Waals surface area contributed by atoms with E-state index in [9.17, 15) is 18.0 Å². The zero-order chi connectivity index (χ0) is 13.6. The molecule has 8 heteroatoms. The molecule has 0 aliphatic carbocycles. The molecule has 1 amide bonds. The predicted molar refractivity (Wildman–Crippen MR) is 55.3 cm³/mol. The van der Waals surface area contributed by atoms with Crippen molar-refractivity contribution in [3.8, 4) is 5.75 Å². The van der Waals surface area contributed by atoms with E-state index >= 15 is 0 Å². The van der Waals surface area contributed by atoms with Gasteiger partial charge in [-0.15, -0.1) is 0 Å². The molecule has 0 saturated carbocycles. The molecule has 0 unspecified atom stereocenters. The quantitative estimate of drug-likeness (QED) is 0.855. The standard InChI is InChI=1S/C10H11F3N2O3/c11-10(12,13)2-4-18-8-1-3-14-7(5-8)6-15-9(16)17/h1,3,5,15H,2,4,6H2,(H,16,17). The fraction of sp³-hybridized carbons (Fsp3) is 0.400. The topological polar surface area (TPSA) is 71.5 Å². The molecule has 0 aliphatic heterocycles. The van der Waals surface area contributed by atoms with Gasteiger partial charge in [0.25, 0.3) is 0 Å². The van der Waals surface area contributed by atoms with Crippen LogP contribution in [0.25, 0.3) is 0 Å². The third-order valence-electron chi connectivity index (χ3n) is 1.86. The lowest BCUT2D eigenvalue weighted by atomic mass is 10.3. The fourth-order valence-corrected chi connectivity index (χ4v) is 1.09. The van der Waals surface area contributed by atoms with Crippen molar-refractivity contribution < 1.29 is 27.8 Å². The Balaban J connectivity index is 2.46. The van der Waals surface area contributed by atoms with Crippen molar-refractivity contribution in [2.75, 3.05) is 6.61 Å². The highest BCUT2D eigenvalue weighted by Crippen LogP contribution is 2.20. The van der Waals surface area contributed by atoms with Crippen LogP contribution in [0.1, 0.15) is 12.1 Å². The minimum Gasteiger partial charge on any atom is -0.493 e. The first-order chi connectivity index (χ1) is 8.37. The van der Waals surface area contributed by atoms with Crippen LogP contribution in [0.2, 0.25) is 0 Å². The summed E-state index contributed by atoms with van der Waals surface area (Å²) in [4.78, 5) is 14.1. The highest BCUT2D eigenvalue weighted by Gasteiger charge is 2.26. The van der Waals surface area contributed by atoms with Gasteiger partial charge >= 0.3 is 12.3 Å². The van der Waals surface area contributed by atoms with Crippen LogP contribution in [-0.4, -0.2) is 29.0 Å². The normalized spacial score (nSPS) is 11.1. The second-order valence-corrected chi connectivity index (χ2v) is 3.36. The highest BCUT2D eigenvalue weighted by atomic mass is 19.4. The monoisotopic (exact) mass is 264 g/mol. The first-order valence-corrected chi connectivity index (χ1v) is 4.98. The largest absolute Gasteiger partial charge is 0.493 e. The number of hydrogen-bond donors (Lipinski definition) is 2. The van der Waals surface area contributed by atoms with E-state index in [0.717, 1.165) is 0 Å². The fourth-order valence-electron chi connectivity index (χ4n) is 1.09. The van der Waals surface area contributed by atoms with Crippen LogP contribution in [0.3, 0.4) is 0 Å². The molecule has 100 valence electrons. The Kier molecular flexibility index (Phi) is 4.75. The number of carboxylic acid groups (broad SMARTS) is 1. The van der Waals surface area contributed by atoms with Gasteiger partial charge in [-0.1, -0.05) is 0 Å². The van der Waals surface area contributed by atoms with Crippen molar-refractivity contribution in [3.63, 3.8) is 0 Å². The lowest BCUT2D eigenvalue weighted by molar-refractivity contribution is -0.139. The first-order valence-electron chi connectivity index (χ1n) is 4.98. The summed E-state index contributed by atoms with van der Waals surface area (Å²) in [5, 5.41) is 10.5. The Labute approximate surface area is 101 Å². The number of ether oxygens (including phenoxy) is 1. The van der Waals surface area contributed by atoms with Crippen LogP contribution < -0.4 is 10.1 Å². The molecule has 0 saturated heterocycles. The van der Waals surface area contributed by atoms with Crippen LogP contribution in [0, 0.1) is 0 Å². The van der Waals surface area contributed by atoms with Gasteiger partial charge in [0.2, 0.25) is 0 Å². The lowest BCUT2D eigenvalue weighted by Crippen LogP contribution is -2.20. The molecule has 0 fully saturated rings. The molecule has 1 aromatic rings. The van der Waals surface area contributed by atoms with Gasteiger partial charge in [0.05, 0.1) is 25.3 Å². The van der Waals surface area contributed by atoms with Gasteiger partial charge in [-0.3, -0.25) is 4.98 Å². The van der Waals surface area contributed by atoms with Gasteiger partial charge < -0.3 is 15.2 Å². The molecule has 0 aromatic carbocycles. The smallest absolute Gasteiger partial charge is 0.404 e. The van der Waals surface area contributed by atoms with Gasteiger partial charge in [-0.25, -0.2) is 4.79 Å². The van der Waals surface area contributed by atoms with E-state index in [1.165, 1.54) is 18.3 Å². The summed E-state index contributed by atoms with van der Waals surface area (Å²) in [7, 11) is 0. The summed E-state index contributed by atoms with van der Waals surface area (Å²) >= 11 is 0. The van der Waals surface area contributed by atoms with E-state index in [2.05, 4.69) is 10.3 Å².